The number of rotatable bonds is 9. The molecule has 0 atom stereocenters. The quantitative estimate of drug-likeness (QED) is 0.240. The van der Waals surface area contributed by atoms with E-state index >= 15 is 0 Å². The molecule has 36 heavy (non-hydrogen) atoms. The van der Waals surface area contributed by atoms with Gasteiger partial charge in [0.15, 0.2) is 0 Å². The second-order valence-corrected chi connectivity index (χ2v) is 11.5. The summed E-state index contributed by atoms with van der Waals surface area (Å²) in [5.74, 6) is 0.348. The topological polar surface area (TPSA) is 66.5 Å². The minimum atomic E-state index is -4.00. The van der Waals surface area contributed by atoms with Crippen LogP contribution in [-0.4, -0.2) is 20.9 Å². The fourth-order valence-corrected chi connectivity index (χ4v) is 6.11. The number of carbonyl (C=O) groups is 1. The highest BCUT2D eigenvalue weighted by molar-refractivity contribution is 7.98. The van der Waals surface area contributed by atoms with E-state index in [2.05, 4.69) is 17.4 Å². The molecule has 4 rings (SSSR count). The lowest BCUT2D eigenvalue weighted by molar-refractivity contribution is -0.114. The largest absolute Gasteiger partial charge is 0.324 e. The fraction of sp³-hybridized carbons (Fsp3) is 0.107. The Morgan fingerprint density at radius 3 is 2.25 bits per heavy atom. The summed E-state index contributed by atoms with van der Waals surface area (Å²) in [6.45, 7) is 1.52. The number of hydrogen-bond acceptors (Lipinski definition) is 4. The number of nitrogens with one attached hydrogen (secondary N) is 1. The Hall–Kier alpha value is -3.26. The molecule has 1 amide bonds. The van der Waals surface area contributed by atoms with Crippen molar-refractivity contribution < 1.29 is 13.2 Å². The van der Waals surface area contributed by atoms with Crippen LogP contribution in [0.1, 0.15) is 11.1 Å². The van der Waals surface area contributed by atoms with Crippen molar-refractivity contribution in [2.75, 3.05) is 16.2 Å². The molecule has 0 radical (unpaired) electrons. The van der Waals surface area contributed by atoms with E-state index in [4.69, 9.17) is 11.6 Å². The van der Waals surface area contributed by atoms with Gasteiger partial charge in [0.1, 0.15) is 6.54 Å². The van der Waals surface area contributed by atoms with Gasteiger partial charge in [0, 0.05) is 21.4 Å². The molecule has 4 aromatic rings. The van der Waals surface area contributed by atoms with Crippen LogP contribution < -0.4 is 9.62 Å². The number of benzene rings is 4. The van der Waals surface area contributed by atoms with Crippen molar-refractivity contribution in [2.24, 2.45) is 0 Å². The average Bonchev–Trinajstić information content (AvgIpc) is 2.88. The Labute approximate surface area is 221 Å². The normalized spacial score (nSPS) is 11.2. The molecule has 0 aromatic heterocycles. The van der Waals surface area contributed by atoms with Crippen molar-refractivity contribution in [2.45, 2.75) is 22.5 Å². The zero-order chi connectivity index (χ0) is 25.5. The third kappa shape index (κ3) is 6.49. The predicted octanol–water partition coefficient (Wildman–Crippen LogP) is 6.77. The minimum absolute atomic E-state index is 0.0919. The number of sulfonamides is 1. The molecule has 184 valence electrons. The number of anilines is 2. The molecule has 0 fully saturated rings. The second kappa shape index (κ2) is 11.6. The maximum atomic E-state index is 13.4. The van der Waals surface area contributed by atoms with Gasteiger partial charge in [-0.1, -0.05) is 66.2 Å². The van der Waals surface area contributed by atoms with Crippen LogP contribution in [0.15, 0.2) is 113 Å². The summed E-state index contributed by atoms with van der Waals surface area (Å²) in [7, 11) is -4.00. The lowest BCUT2D eigenvalue weighted by atomic mass is 10.1. The van der Waals surface area contributed by atoms with E-state index in [1.807, 2.05) is 43.3 Å². The van der Waals surface area contributed by atoms with E-state index in [0.29, 0.717) is 16.4 Å². The number of aryl methyl sites for hydroxylation is 1. The van der Waals surface area contributed by atoms with Crippen LogP contribution in [0.4, 0.5) is 11.4 Å². The summed E-state index contributed by atoms with van der Waals surface area (Å²) in [4.78, 5) is 14.3. The minimum Gasteiger partial charge on any atom is -0.324 e. The third-order valence-electron chi connectivity index (χ3n) is 5.43. The molecule has 0 aliphatic heterocycles. The Morgan fingerprint density at radius 1 is 0.889 bits per heavy atom. The Bertz CT molecular complexity index is 1450. The maximum absolute atomic E-state index is 13.4. The molecular weight excluding hydrogens is 512 g/mol. The molecule has 0 aliphatic rings. The third-order valence-corrected chi connectivity index (χ3v) is 8.53. The van der Waals surface area contributed by atoms with Gasteiger partial charge in [-0.2, -0.15) is 0 Å². The highest BCUT2D eigenvalue weighted by atomic mass is 35.5. The van der Waals surface area contributed by atoms with Crippen LogP contribution in [0.2, 0.25) is 5.02 Å². The van der Waals surface area contributed by atoms with Gasteiger partial charge >= 0.3 is 0 Å². The molecule has 0 spiro atoms. The van der Waals surface area contributed by atoms with Crippen molar-refractivity contribution in [3.8, 4) is 0 Å². The summed E-state index contributed by atoms with van der Waals surface area (Å²) in [6.07, 6.45) is 0. The van der Waals surface area contributed by atoms with E-state index in [0.717, 1.165) is 21.2 Å². The predicted molar refractivity (Wildman–Crippen MR) is 148 cm³/mol. The number of nitrogens with zero attached hydrogens (tertiary/aromatic N) is 1. The smallest absolute Gasteiger partial charge is 0.264 e. The highest BCUT2D eigenvalue weighted by Crippen LogP contribution is 2.27. The van der Waals surface area contributed by atoms with Gasteiger partial charge in [-0.3, -0.25) is 9.10 Å². The number of halogens is 1. The number of amides is 1. The van der Waals surface area contributed by atoms with Gasteiger partial charge in [0.25, 0.3) is 10.0 Å². The van der Waals surface area contributed by atoms with Gasteiger partial charge in [0.05, 0.1) is 10.6 Å². The lowest BCUT2D eigenvalue weighted by Gasteiger charge is -2.24. The summed E-state index contributed by atoms with van der Waals surface area (Å²) in [5, 5.41) is 3.24. The Kier molecular flexibility index (Phi) is 8.36. The fourth-order valence-electron chi connectivity index (χ4n) is 3.63. The molecule has 4 aromatic carbocycles. The summed E-state index contributed by atoms with van der Waals surface area (Å²) in [5.41, 5.74) is 2.98. The molecule has 0 saturated heterocycles. The van der Waals surface area contributed by atoms with Crippen molar-refractivity contribution >= 4 is 50.7 Å². The van der Waals surface area contributed by atoms with Crippen LogP contribution in [-0.2, 0) is 20.6 Å². The SMILES string of the molecule is Cc1cc(CSc2ccccc2)ccc1NC(=O)CN(c1cccc(Cl)c1)S(=O)(=O)c1ccccc1. The van der Waals surface area contributed by atoms with Gasteiger partial charge < -0.3 is 5.32 Å². The average molecular weight is 537 g/mol. The van der Waals surface area contributed by atoms with E-state index in [1.165, 1.54) is 23.1 Å². The first kappa shape index (κ1) is 25.8. The summed E-state index contributed by atoms with van der Waals surface area (Å²) in [6, 6.07) is 30.5. The van der Waals surface area contributed by atoms with Gasteiger partial charge in [0.2, 0.25) is 5.91 Å². The zero-order valence-corrected chi connectivity index (χ0v) is 22.0. The van der Waals surface area contributed by atoms with Gasteiger partial charge in [-0.25, -0.2) is 8.42 Å². The Balaban J connectivity index is 1.51. The van der Waals surface area contributed by atoms with E-state index in [-0.39, 0.29) is 4.90 Å². The molecule has 5 nitrogen and oxygen atoms in total. The standard InChI is InChI=1S/C28H25ClN2O3S2/c1-21-17-22(20-35-25-11-4-2-5-12-25)15-16-27(21)30-28(32)19-31(24-10-8-9-23(29)18-24)36(33,34)26-13-6-3-7-14-26/h2-18H,19-20H2,1H3,(H,30,32). The highest BCUT2D eigenvalue weighted by Gasteiger charge is 2.27. The molecule has 8 heteroatoms. The number of hydrogen-bond donors (Lipinski definition) is 1. The second-order valence-electron chi connectivity index (χ2n) is 8.10. The van der Waals surface area contributed by atoms with Crippen molar-refractivity contribution in [1.29, 1.82) is 0 Å². The summed E-state index contributed by atoms with van der Waals surface area (Å²) < 4.78 is 27.9. The molecule has 0 saturated carbocycles. The number of thioether (sulfide) groups is 1. The monoisotopic (exact) mass is 536 g/mol. The van der Waals surface area contributed by atoms with Crippen LogP contribution in [0.3, 0.4) is 0 Å². The van der Waals surface area contributed by atoms with Crippen LogP contribution in [0.25, 0.3) is 0 Å². The van der Waals surface area contributed by atoms with E-state index in [1.54, 1.807) is 48.2 Å². The van der Waals surface area contributed by atoms with Crippen molar-refractivity contribution in [3.05, 3.63) is 119 Å². The molecular formula is C28H25ClN2O3S2. The molecule has 0 unspecified atom stereocenters. The van der Waals surface area contributed by atoms with Gasteiger partial charge in [-0.05, 0) is 66.6 Å². The van der Waals surface area contributed by atoms with E-state index < -0.39 is 22.5 Å². The molecule has 0 aliphatic carbocycles. The first-order valence-electron chi connectivity index (χ1n) is 11.2. The molecule has 0 bridgehead atoms. The molecule has 1 N–H and O–H groups in total. The first-order valence-corrected chi connectivity index (χ1v) is 14.0. The number of carbonyl (C=O) groups excluding carboxylic acids is 1. The van der Waals surface area contributed by atoms with Crippen LogP contribution >= 0.6 is 23.4 Å². The van der Waals surface area contributed by atoms with Crippen LogP contribution in [0.5, 0.6) is 0 Å². The zero-order valence-electron chi connectivity index (χ0n) is 19.6. The summed E-state index contributed by atoms with van der Waals surface area (Å²) >= 11 is 7.87. The van der Waals surface area contributed by atoms with Crippen LogP contribution in [0, 0.1) is 6.92 Å². The Morgan fingerprint density at radius 2 is 1.58 bits per heavy atom. The van der Waals surface area contributed by atoms with Crippen molar-refractivity contribution in [1.82, 2.24) is 0 Å². The van der Waals surface area contributed by atoms with Gasteiger partial charge in [-0.15, -0.1) is 11.8 Å². The lowest BCUT2D eigenvalue weighted by Crippen LogP contribution is -2.38. The maximum Gasteiger partial charge on any atom is 0.264 e. The van der Waals surface area contributed by atoms with Crippen molar-refractivity contribution in [3.63, 3.8) is 0 Å². The van der Waals surface area contributed by atoms with E-state index in [9.17, 15) is 13.2 Å². The molecule has 0 heterocycles. The first-order chi connectivity index (χ1) is 17.3.